The van der Waals surface area contributed by atoms with E-state index < -0.39 is 0 Å². The predicted molar refractivity (Wildman–Crippen MR) is 74.6 cm³/mol. The van der Waals surface area contributed by atoms with Crippen LogP contribution in [-0.4, -0.2) is 33.5 Å². The van der Waals surface area contributed by atoms with Crippen molar-refractivity contribution in [1.82, 2.24) is 5.43 Å². The number of ether oxygens (including phenoxy) is 3. The quantitative estimate of drug-likeness (QED) is 0.633. The van der Waals surface area contributed by atoms with Crippen LogP contribution >= 0.6 is 0 Å². The number of carbonyl (C=O) groups is 1. The van der Waals surface area contributed by atoms with Crippen molar-refractivity contribution < 1.29 is 19.0 Å². The Morgan fingerprint density at radius 3 is 2.45 bits per heavy atom. The Morgan fingerprint density at radius 1 is 1.20 bits per heavy atom. The second-order valence-electron chi connectivity index (χ2n) is 4.43. The summed E-state index contributed by atoms with van der Waals surface area (Å²) in [6.07, 6.45) is 3.42. The maximum Gasteiger partial charge on any atom is 0.243 e. The summed E-state index contributed by atoms with van der Waals surface area (Å²) in [6.45, 7) is 0. The van der Waals surface area contributed by atoms with Crippen molar-refractivity contribution in [2.45, 2.75) is 12.8 Å². The molecule has 0 bridgehead atoms. The first kappa shape index (κ1) is 14.2. The van der Waals surface area contributed by atoms with Gasteiger partial charge in [0.1, 0.15) is 0 Å². The first-order valence-electron chi connectivity index (χ1n) is 6.33. The number of nitrogens with one attached hydrogen (secondary N) is 1. The van der Waals surface area contributed by atoms with Crippen LogP contribution in [0.4, 0.5) is 0 Å². The van der Waals surface area contributed by atoms with E-state index in [1.807, 2.05) is 0 Å². The van der Waals surface area contributed by atoms with Crippen molar-refractivity contribution in [3.63, 3.8) is 0 Å². The van der Waals surface area contributed by atoms with Crippen molar-refractivity contribution >= 4 is 12.1 Å². The molecule has 1 aliphatic carbocycles. The van der Waals surface area contributed by atoms with Gasteiger partial charge in [-0.1, -0.05) is 0 Å². The third kappa shape index (κ3) is 3.01. The maximum atomic E-state index is 11.5. The molecule has 0 radical (unpaired) electrons. The highest BCUT2D eigenvalue weighted by Gasteiger charge is 2.29. The molecular weight excluding hydrogens is 260 g/mol. The molecule has 1 saturated carbocycles. The normalized spacial score (nSPS) is 14.2. The standard InChI is InChI=1S/C14H18N2O4/c1-18-11-7-6-10(12(19-2)13(11)20-3)8-15-16-14(17)9-4-5-9/h6-9H,4-5H2,1-3H3,(H,16,17)/b15-8-. The summed E-state index contributed by atoms with van der Waals surface area (Å²) in [5.74, 6) is 1.66. The third-order valence-electron chi connectivity index (χ3n) is 3.06. The number of methoxy groups -OCH3 is 3. The fourth-order valence-corrected chi connectivity index (χ4v) is 1.83. The highest BCUT2D eigenvalue weighted by atomic mass is 16.5. The maximum absolute atomic E-state index is 11.5. The van der Waals surface area contributed by atoms with Crippen LogP contribution in [0.5, 0.6) is 17.2 Å². The molecule has 0 aromatic heterocycles. The number of hydrogen-bond donors (Lipinski definition) is 1. The van der Waals surface area contributed by atoms with Crippen LogP contribution in [0.1, 0.15) is 18.4 Å². The smallest absolute Gasteiger partial charge is 0.243 e. The van der Waals surface area contributed by atoms with Crippen molar-refractivity contribution in [2.75, 3.05) is 21.3 Å². The fraction of sp³-hybridized carbons (Fsp3) is 0.429. The zero-order valence-electron chi connectivity index (χ0n) is 11.8. The fourth-order valence-electron chi connectivity index (χ4n) is 1.83. The molecule has 2 rings (SSSR count). The second kappa shape index (κ2) is 6.27. The van der Waals surface area contributed by atoms with E-state index in [4.69, 9.17) is 14.2 Å². The van der Waals surface area contributed by atoms with E-state index >= 15 is 0 Å². The Balaban J connectivity index is 2.17. The van der Waals surface area contributed by atoms with Gasteiger partial charge in [-0.05, 0) is 25.0 Å². The predicted octanol–water partition coefficient (Wildman–Crippen LogP) is 1.57. The Kier molecular flexibility index (Phi) is 4.45. The van der Waals surface area contributed by atoms with Crippen molar-refractivity contribution in [3.05, 3.63) is 17.7 Å². The van der Waals surface area contributed by atoms with Gasteiger partial charge in [0.2, 0.25) is 11.7 Å². The second-order valence-corrected chi connectivity index (χ2v) is 4.43. The van der Waals surface area contributed by atoms with E-state index in [0.29, 0.717) is 22.8 Å². The van der Waals surface area contributed by atoms with Gasteiger partial charge >= 0.3 is 0 Å². The lowest BCUT2D eigenvalue weighted by molar-refractivity contribution is -0.122. The van der Waals surface area contributed by atoms with E-state index in [-0.39, 0.29) is 11.8 Å². The number of rotatable bonds is 6. The van der Waals surface area contributed by atoms with Gasteiger partial charge in [0.05, 0.1) is 27.5 Å². The Hall–Kier alpha value is -2.24. The van der Waals surface area contributed by atoms with Crippen LogP contribution in [0.3, 0.4) is 0 Å². The molecule has 0 spiro atoms. The molecule has 20 heavy (non-hydrogen) atoms. The summed E-state index contributed by atoms with van der Waals surface area (Å²) < 4.78 is 15.8. The number of hydrazone groups is 1. The van der Waals surface area contributed by atoms with Crippen molar-refractivity contribution in [3.8, 4) is 17.2 Å². The van der Waals surface area contributed by atoms with Gasteiger partial charge in [-0.25, -0.2) is 5.43 Å². The van der Waals surface area contributed by atoms with E-state index in [2.05, 4.69) is 10.5 Å². The van der Waals surface area contributed by atoms with Crippen LogP contribution in [0.25, 0.3) is 0 Å². The van der Waals surface area contributed by atoms with Crippen LogP contribution in [0.15, 0.2) is 17.2 Å². The molecule has 0 heterocycles. The molecule has 6 heteroatoms. The average Bonchev–Trinajstić information content (AvgIpc) is 3.30. The minimum Gasteiger partial charge on any atom is -0.493 e. The largest absolute Gasteiger partial charge is 0.493 e. The molecule has 0 unspecified atom stereocenters. The zero-order valence-corrected chi connectivity index (χ0v) is 11.8. The van der Waals surface area contributed by atoms with E-state index in [1.165, 1.54) is 20.4 Å². The van der Waals surface area contributed by atoms with Crippen molar-refractivity contribution in [2.24, 2.45) is 11.0 Å². The summed E-state index contributed by atoms with van der Waals surface area (Å²) in [5, 5.41) is 3.94. The van der Waals surface area contributed by atoms with Crippen LogP contribution < -0.4 is 19.6 Å². The Labute approximate surface area is 117 Å². The summed E-state index contributed by atoms with van der Waals surface area (Å²) >= 11 is 0. The summed E-state index contributed by atoms with van der Waals surface area (Å²) in [4.78, 5) is 11.5. The number of amides is 1. The molecule has 1 N–H and O–H groups in total. The first-order chi connectivity index (χ1) is 9.71. The van der Waals surface area contributed by atoms with E-state index in [1.54, 1.807) is 19.2 Å². The molecule has 0 saturated heterocycles. The number of benzene rings is 1. The van der Waals surface area contributed by atoms with Crippen LogP contribution in [-0.2, 0) is 4.79 Å². The topological polar surface area (TPSA) is 69.2 Å². The van der Waals surface area contributed by atoms with Crippen LogP contribution in [0.2, 0.25) is 0 Å². The molecule has 0 atom stereocenters. The third-order valence-corrected chi connectivity index (χ3v) is 3.06. The molecule has 0 aliphatic heterocycles. The molecule has 6 nitrogen and oxygen atoms in total. The van der Waals surface area contributed by atoms with Gasteiger partial charge in [-0.3, -0.25) is 4.79 Å². The van der Waals surface area contributed by atoms with E-state index in [0.717, 1.165) is 12.8 Å². The molecule has 1 aromatic carbocycles. The van der Waals surface area contributed by atoms with Gasteiger partial charge in [0.15, 0.2) is 11.5 Å². The molecular formula is C14H18N2O4. The number of nitrogens with zero attached hydrogens (tertiary/aromatic N) is 1. The molecule has 1 fully saturated rings. The minimum absolute atomic E-state index is 0.0410. The van der Waals surface area contributed by atoms with Gasteiger partial charge in [0, 0.05) is 11.5 Å². The minimum atomic E-state index is -0.0410. The molecule has 1 aliphatic rings. The lowest BCUT2D eigenvalue weighted by Crippen LogP contribution is -2.19. The Morgan fingerprint density at radius 2 is 1.90 bits per heavy atom. The molecule has 108 valence electrons. The monoisotopic (exact) mass is 278 g/mol. The number of carbonyl (C=O) groups excluding carboxylic acids is 1. The van der Waals surface area contributed by atoms with Gasteiger partial charge < -0.3 is 14.2 Å². The van der Waals surface area contributed by atoms with Gasteiger partial charge in [-0.2, -0.15) is 5.10 Å². The highest BCUT2D eigenvalue weighted by molar-refractivity contribution is 5.88. The highest BCUT2D eigenvalue weighted by Crippen LogP contribution is 2.38. The van der Waals surface area contributed by atoms with Crippen LogP contribution in [0, 0.1) is 5.92 Å². The molecule has 1 aromatic rings. The van der Waals surface area contributed by atoms with Gasteiger partial charge in [-0.15, -0.1) is 0 Å². The Bertz CT molecular complexity index is 524. The van der Waals surface area contributed by atoms with Crippen molar-refractivity contribution in [1.29, 1.82) is 0 Å². The summed E-state index contributed by atoms with van der Waals surface area (Å²) in [6, 6.07) is 3.54. The number of hydrogen-bond acceptors (Lipinski definition) is 5. The lowest BCUT2D eigenvalue weighted by Gasteiger charge is -2.13. The lowest BCUT2D eigenvalue weighted by atomic mass is 10.2. The first-order valence-corrected chi connectivity index (χ1v) is 6.33. The summed E-state index contributed by atoms with van der Waals surface area (Å²) in [5.41, 5.74) is 3.21. The molecule has 1 amide bonds. The average molecular weight is 278 g/mol. The SMILES string of the molecule is COc1ccc(/C=N\NC(=O)C2CC2)c(OC)c1OC. The van der Waals surface area contributed by atoms with E-state index in [9.17, 15) is 4.79 Å². The van der Waals surface area contributed by atoms with Gasteiger partial charge in [0.25, 0.3) is 0 Å². The summed E-state index contributed by atoms with van der Waals surface area (Å²) in [7, 11) is 4.63. The zero-order chi connectivity index (χ0) is 14.5.